The summed E-state index contributed by atoms with van der Waals surface area (Å²) in [5.41, 5.74) is 4.88. The summed E-state index contributed by atoms with van der Waals surface area (Å²) >= 11 is 0. The van der Waals surface area contributed by atoms with E-state index >= 15 is 0 Å². The van der Waals surface area contributed by atoms with Crippen LogP contribution < -0.4 is 5.32 Å². The number of hydrogen-bond acceptors (Lipinski definition) is 6. The van der Waals surface area contributed by atoms with Crippen LogP contribution in [0.4, 0.5) is 4.79 Å². The van der Waals surface area contributed by atoms with Gasteiger partial charge in [-0.15, -0.1) is 0 Å². The minimum atomic E-state index is -0.594. The molecule has 0 unspecified atom stereocenters. The van der Waals surface area contributed by atoms with Crippen molar-refractivity contribution >= 4 is 18.0 Å². The molecular weight excluding hydrogens is 506 g/mol. The Hall–Kier alpha value is -4.64. The number of alkyl carbamates (subject to hydrolysis) is 1. The van der Waals surface area contributed by atoms with Crippen LogP contribution in [0.5, 0.6) is 0 Å². The first-order valence-electron chi connectivity index (χ1n) is 13.2. The first-order valence-corrected chi connectivity index (χ1v) is 13.2. The van der Waals surface area contributed by atoms with Crippen molar-refractivity contribution in [3.63, 3.8) is 0 Å². The second-order valence-corrected chi connectivity index (χ2v) is 10.8. The van der Waals surface area contributed by atoms with Crippen LogP contribution >= 0.6 is 0 Å². The minimum Gasteiger partial charge on any atom is -0.469 e. The van der Waals surface area contributed by atoms with Crippen molar-refractivity contribution in [2.45, 2.75) is 45.3 Å². The van der Waals surface area contributed by atoms with Crippen LogP contribution in [0.25, 0.3) is 22.3 Å². The van der Waals surface area contributed by atoms with E-state index in [1.807, 2.05) is 75.4 Å². The SMILES string of the molecule is COC(=O)Cc1ccc(-c2ccc(C(=O)N3CC[C@H](NC(=O)OC(C)(C)C)C3)cc2-c2ccc(C#N)cc2)cc1. The zero-order chi connectivity index (χ0) is 28.9. The van der Waals surface area contributed by atoms with E-state index in [0.717, 1.165) is 27.8 Å². The second kappa shape index (κ2) is 12.0. The maximum atomic E-state index is 13.5. The van der Waals surface area contributed by atoms with Crippen molar-refractivity contribution in [1.82, 2.24) is 10.2 Å². The average Bonchev–Trinajstić information content (AvgIpc) is 3.40. The number of amides is 2. The van der Waals surface area contributed by atoms with Crippen LogP contribution in [0.3, 0.4) is 0 Å². The van der Waals surface area contributed by atoms with E-state index in [-0.39, 0.29) is 24.3 Å². The van der Waals surface area contributed by atoms with Gasteiger partial charge in [-0.05, 0) is 79.3 Å². The Balaban J connectivity index is 1.59. The lowest BCUT2D eigenvalue weighted by Crippen LogP contribution is -2.41. The molecule has 8 nitrogen and oxygen atoms in total. The zero-order valence-electron chi connectivity index (χ0n) is 23.2. The topological polar surface area (TPSA) is 109 Å². The Bertz CT molecular complexity index is 1430. The number of ether oxygens (including phenoxy) is 2. The minimum absolute atomic E-state index is 0.122. The summed E-state index contributed by atoms with van der Waals surface area (Å²) in [7, 11) is 1.36. The van der Waals surface area contributed by atoms with Gasteiger partial charge in [0.25, 0.3) is 5.91 Å². The first kappa shape index (κ1) is 28.4. The molecule has 2 amide bonds. The summed E-state index contributed by atoms with van der Waals surface area (Å²) in [5, 5.41) is 12.1. The molecular formula is C32H33N3O5. The summed E-state index contributed by atoms with van der Waals surface area (Å²) in [6.45, 7) is 6.34. The largest absolute Gasteiger partial charge is 0.469 e. The van der Waals surface area contributed by atoms with Crippen LogP contribution in [-0.2, 0) is 20.7 Å². The standard InChI is InChI=1S/C32H33N3O5/c1-32(2,3)40-31(38)34-26-15-16-35(20-26)30(37)25-13-14-27(23-9-5-21(6-10-23)17-29(36)39-4)28(18-25)24-11-7-22(19-33)8-12-24/h5-14,18,26H,15-17,20H2,1-4H3,(H,34,38)/t26-/m0/s1. The van der Waals surface area contributed by atoms with Crippen LogP contribution in [-0.4, -0.2) is 54.7 Å². The molecule has 206 valence electrons. The Morgan fingerprint density at radius 2 is 1.62 bits per heavy atom. The molecule has 0 aliphatic carbocycles. The molecule has 0 aromatic heterocycles. The van der Waals surface area contributed by atoms with Crippen molar-refractivity contribution < 1.29 is 23.9 Å². The third-order valence-electron chi connectivity index (χ3n) is 6.63. The summed E-state index contributed by atoms with van der Waals surface area (Å²) < 4.78 is 10.1. The van der Waals surface area contributed by atoms with Gasteiger partial charge in [-0.3, -0.25) is 9.59 Å². The van der Waals surface area contributed by atoms with Gasteiger partial charge < -0.3 is 19.7 Å². The fourth-order valence-electron chi connectivity index (χ4n) is 4.65. The Labute approximate surface area is 234 Å². The molecule has 1 aliphatic heterocycles. The highest BCUT2D eigenvalue weighted by Crippen LogP contribution is 2.34. The van der Waals surface area contributed by atoms with Crippen molar-refractivity contribution in [2.75, 3.05) is 20.2 Å². The molecule has 4 rings (SSSR count). The number of hydrogen-bond donors (Lipinski definition) is 1. The molecule has 8 heteroatoms. The normalized spacial score (nSPS) is 14.8. The van der Waals surface area contributed by atoms with Crippen molar-refractivity contribution in [3.05, 3.63) is 83.4 Å². The molecule has 0 spiro atoms. The highest BCUT2D eigenvalue weighted by Gasteiger charge is 2.29. The highest BCUT2D eigenvalue weighted by atomic mass is 16.6. The number of rotatable bonds is 6. The maximum absolute atomic E-state index is 13.5. The molecule has 3 aromatic carbocycles. The summed E-state index contributed by atoms with van der Waals surface area (Å²) in [6, 6.07) is 22.4. The van der Waals surface area contributed by atoms with Gasteiger partial charge in [0, 0.05) is 18.7 Å². The molecule has 1 N–H and O–H groups in total. The lowest BCUT2D eigenvalue weighted by atomic mass is 9.91. The van der Waals surface area contributed by atoms with Gasteiger partial charge in [-0.2, -0.15) is 5.26 Å². The van der Waals surface area contributed by atoms with Crippen LogP contribution in [0.15, 0.2) is 66.7 Å². The third-order valence-corrected chi connectivity index (χ3v) is 6.63. The van der Waals surface area contributed by atoms with Crippen LogP contribution in [0, 0.1) is 11.3 Å². The lowest BCUT2D eigenvalue weighted by Gasteiger charge is -2.22. The van der Waals surface area contributed by atoms with Gasteiger partial charge in [-0.1, -0.05) is 42.5 Å². The number of nitrogens with one attached hydrogen (secondary N) is 1. The predicted octanol–water partition coefficient (Wildman–Crippen LogP) is 5.35. The number of methoxy groups -OCH3 is 1. The van der Waals surface area contributed by atoms with Gasteiger partial charge in [0.15, 0.2) is 0 Å². The third kappa shape index (κ3) is 7.06. The summed E-state index contributed by atoms with van der Waals surface area (Å²) in [5.74, 6) is -0.428. The summed E-state index contributed by atoms with van der Waals surface area (Å²) in [6.07, 6.45) is 0.340. The molecule has 1 atom stereocenters. The van der Waals surface area contributed by atoms with E-state index in [1.165, 1.54) is 7.11 Å². The molecule has 0 bridgehead atoms. The molecule has 3 aromatic rings. The van der Waals surface area contributed by atoms with Crippen LogP contribution in [0.2, 0.25) is 0 Å². The number of carbonyl (C=O) groups excluding carboxylic acids is 3. The van der Waals surface area contributed by atoms with Gasteiger partial charge in [0.05, 0.1) is 31.2 Å². The van der Waals surface area contributed by atoms with E-state index in [0.29, 0.717) is 30.6 Å². The van der Waals surface area contributed by atoms with E-state index in [4.69, 9.17) is 9.47 Å². The van der Waals surface area contributed by atoms with Gasteiger partial charge in [0.2, 0.25) is 0 Å². The monoisotopic (exact) mass is 539 g/mol. The lowest BCUT2D eigenvalue weighted by molar-refractivity contribution is -0.139. The number of benzene rings is 3. The van der Waals surface area contributed by atoms with Crippen molar-refractivity contribution in [2.24, 2.45) is 0 Å². The van der Waals surface area contributed by atoms with Gasteiger partial charge >= 0.3 is 12.1 Å². The Morgan fingerprint density at radius 1 is 0.975 bits per heavy atom. The Kier molecular flexibility index (Phi) is 8.54. The van der Waals surface area contributed by atoms with Crippen molar-refractivity contribution in [3.8, 4) is 28.3 Å². The highest BCUT2D eigenvalue weighted by molar-refractivity contribution is 5.98. The maximum Gasteiger partial charge on any atom is 0.407 e. The second-order valence-electron chi connectivity index (χ2n) is 10.8. The van der Waals surface area contributed by atoms with Gasteiger partial charge in [-0.25, -0.2) is 4.79 Å². The number of carbonyl (C=O) groups is 3. The number of nitriles is 1. The molecule has 1 fully saturated rings. The van der Waals surface area contributed by atoms with Gasteiger partial charge in [0.1, 0.15) is 5.60 Å². The fraction of sp³-hybridized carbons (Fsp3) is 0.312. The van der Waals surface area contributed by atoms with E-state index in [9.17, 15) is 19.6 Å². The molecule has 0 saturated carbocycles. The quantitative estimate of drug-likeness (QED) is 0.423. The predicted molar refractivity (Wildman–Crippen MR) is 151 cm³/mol. The number of esters is 1. The molecule has 0 radical (unpaired) electrons. The molecule has 1 saturated heterocycles. The molecule has 40 heavy (non-hydrogen) atoms. The zero-order valence-corrected chi connectivity index (χ0v) is 23.2. The number of nitrogens with zero attached hydrogens (tertiary/aromatic N) is 2. The van der Waals surface area contributed by atoms with Crippen molar-refractivity contribution in [1.29, 1.82) is 5.26 Å². The number of likely N-dealkylation sites (tertiary alicyclic amines) is 1. The van der Waals surface area contributed by atoms with E-state index in [1.54, 1.807) is 17.0 Å². The summed E-state index contributed by atoms with van der Waals surface area (Å²) in [4.78, 5) is 39.1. The first-order chi connectivity index (χ1) is 19.1. The molecule has 1 aliphatic rings. The van der Waals surface area contributed by atoms with E-state index in [2.05, 4.69) is 11.4 Å². The molecule has 1 heterocycles. The smallest absolute Gasteiger partial charge is 0.407 e. The fourth-order valence-corrected chi connectivity index (χ4v) is 4.65. The van der Waals surface area contributed by atoms with Crippen LogP contribution in [0.1, 0.15) is 48.7 Å². The average molecular weight is 540 g/mol. The van der Waals surface area contributed by atoms with E-state index < -0.39 is 11.7 Å². The Morgan fingerprint density at radius 3 is 2.25 bits per heavy atom.